The molecule has 4 N–H and O–H groups in total. The van der Waals surface area contributed by atoms with Gasteiger partial charge in [0.25, 0.3) is 0 Å². The van der Waals surface area contributed by atoms with Crippen molar-refractivity contribution >= 4 is 11.9 Å². The number of carboxylic acids is 1. The molecule has 0 aliphatic carbocycles. The average Bonchev–Trinajstić information content (AvgIpc) is 2.43. The van der Waals surface area contributed by atoms with Crippen LogP contribution in [0.15, 0.2) is 30.3 Å². The summed E-state index contributed by atoms with van der Waals surface area (Å²) in [6.07, 6.45) is 0.812. The van der Waals surface area contributed by atoms with E-state index in [-0.39, 0.29) is 18.2 Å². The molecule has 0 aliphatic heterocycles. The maximum Gasteiger partial charge on any atom is 0.303 e. The van der Waals surface area contributed by atoms with Gasteiger partial charge in [0.1, 0.15) is 6.04 Å². The second-order valence-electron chi connectivity index (χ2n) is 5.73. The molecule has 2 unspecified atom stereocenters. The minimum atomic E-state index is -0.845. The molecule has 0 bridgehead atoms. The zero-order chi connectivity index (χ0) is 15.8. The number of rotatable bonds is 8. The highest BCUT2D eigenvalue weighted by Gasteiger charge is 2.19. The molecule has 2 atom stereocenters. The topological polar surface area (TPSA) is 92.4 Å². The van der Waals surface area contributed by atoms with Gasteiger partial charge in [-0.25, -0.2) is 0 Å². The molecule has 21 heavy (non-hydrogen) atoms. The van der Waals surface area contributed by atoms with Gasteiger partial charge in [-0.05, 0) is 23.8 Å². The lowest BCUT2D eigenvalue weighted by Crippen LogP contribution is -2.37. The third-order valence-electron chi connectivity index (χ3n) is 3.27. The maximum atomic E-state index is 12.0. The van der Waals surface area contributed by atoms with Gasteiger partial charge in [0.2, 0.25) is 5.91 Å². The molecule has 1 aromatic rings. The third kappa shape index (κ3) is 6.40. The molecular weight excluding hydrogens is 268 g/mol. The molecule has 1 rings (SSSR count). The maximum absolute atomic E-state index is 12.0. The molecule has 0 aliphatic rings. The molecule has 5 nitrogen and oxygen atoms in total. The largest absolute Gasteiger partial charge is 0.481 e. The summed E-state index contributed by atoms with van der Waals surface area (Å²) in [4.78, 5) is 22.9. The fraction of sp³-hybridized carbons (Fsp3) is 0.500. The Labute approximate surface area is 125 Å². The van der Waals surface area contributed by atoms with Gasteiger partial charge in [-0.1, -0.05) is 44.2 Å². The average molecular weight is 292 g/mol. The molecule has 1 aromatic carbocycles. The summed E-state index contributed by atoms with van der Waals surface area (Å²) >= 11 is 0. The van der Waals surface area contributed by atoms with Crippen molar-refractivity contribution in [3.05, 3.63) is 35.9 Å². The van der Waals surface area contributed by atoms with Crippen LogP contribution in [0.3, 0.4) is 0 Å². The number of amides is 1. The highest BCUT2D eigenvalue weighted by Crippen LogP contribution is 2.15. The number of nitrogens with two attached hydrogens (primary N) is 1. The van der Waals surface area contributed by atoms with Crippen LogP contribution in [0, 0.1) is 11.8 Å². The first-order valence-electron chi connectivity index (χ1n) is 7.20. The lowest BCUT2D eigenvalue weighted by Gasteiger charge is -2.19. The van der Waals surface area contributed by atoms with Gasteiger partial charge < -0.3 is 16.2 Å². The molecule has 0 fully saturated rings. The van der Waals surface area contributed by atoms with Gasteiger partial charge in [0.15, 0.2) is 0 Å². The number of hydrogen-bond donors (Lipinski definition) is 3. The van der Waals surface area contributed by atoms with Crippen molar-refractivity contribution in [1.29, 1.82) is 0 Å². The van der Waals surface area contributed by atoms with Gasteiger partial charge in [-0.3, -0.25) is 9.59 Å². The number of carbonyl (C=O) groups is 2. The molecule has 0 radical (unpaired) electrons. The van der Waals surface area contributed by atoms with E-state index in [0.29, 0.717) is 12.5 Å². The molecule has 116 valence electrons. The number of aliphatic carboxylic acids is 1. The summed E-state index contributed by atoms with van der Waals surface area (Å²) in [5, 5.41) is 11.7. The van der Waals surface area contributed by atoms with E-state index in [1.54, 1.807) is 12.1 Å². The van der Waals surface area contributed by atoms with Gasteiger partial charge in [0.05, 0.1) is 0 Å². The summed E-state index contributed by atoms with van der Waals surface area (Å²) in [5.41, 5.74) is 6.64. The van der Waals surface area contributed by atoms with Crippen molar-refractivity contribution < 1.29 is 14.7 Å². The Balaban J connectivity index is 2.54. The summed E-state index contributed by atoms with van der Waals surface area (Å²) in [7, 11) is 0. The molecule has 1 amide bonds. The Bertz CT molecular complexity index is 460. The normalized spacial score (nSPS) is 13.7. The molecule has 0 saturated carbocycles. The van der Waals surface area contributed by atoms with E-state index in [1.807, 2.05) is 32.0 Å². The Hall–Kier alpha value is -1.88. The molecule has 0 spiro atoms. The second kappa shape index (κ2) is 8.42. The lowest BCUT2D eigenvalue weighted by atomic mass is 9.94. The van der Waals surface area contributed by atoms with E-state index in [0.717, 1.165) is 12.0 Å². The Kier molecular flexibility index (Phi) is 6.88. The van der Waals surface area contributed by atoms with Crippen LogP contribution in [0.2, 0.25) is 0 Å². The van der Waals surface area contributed by atoms with Crippen molar-refractivity contribution in [1.82, 2.24) is 5.32 Å². The number of carbonyl (C=O) groups excluding carboxylic acids is 1. The van der Waals surface area contributed by atoms with E-state index < -0.39 is 12.0 Å². The Morgan fingerprint density at radius 1 is 1.24 bits per heavy atom. The van der Waals surface area contributed by atoms with Crippen LogP contribution < -0.4 is 11.1 Å². The van der Waals surface area contributed by atoms with Crippen molar-refractivity contribution in [2.24, 2.45) is 17.6 Å². The van der Waals surface area contributed by atoms with Crippen LogP contribution in [0.4, 0.5) is 0 Å². The Morgan fingerprint density at radius 2 is 1.86 bits per heavy atom. The molecule has 0 heterocycles. The number of carboxylic acid groups (broad SMARTS) is 1. The predicted molar refractivity (Wildman–Crippen MR) is 81.6 cm³/mol. The van der Waals surface area contributed by atoms with Gasteiger partial charge >= 0.3 is 5.97 Å². The summed E-state index contributed by atoms with van der Waals surface area (Å²) in [6, 6.07) is 8.39. The van der Waals surface area contributed by atoms with Gasteiger partial charge in [0, 0.05) is 13.0 Å². The van der Waals surface area contributed by atoms with E-state index in [4.69, 9.17) is 10.8 Å². The van der Waals surface area contributed by atoms with Crippen LogP contribution in [0.25, 0.3) is 0 Å². The smallest absolute Gasteiger partial charge is 0.303 e. The first kappa shape index (κ1) is 17.2. The van der Waals surface area contributed by atoms with Crippen LogP contribution >= 0.6 is 0 Å². The number of benzene rings is 1. The standard InChI is InChI=1S/C16H24N2O3/c1-11(2)8-12(9-14(19)20)10-18-16(21)15(17)13-6-4-3-5-7-13/h3-7,11-12,15H,8-10,17H2,1-2H3,(H,18,21)(H,19,20). The Morgan fingerprint density at radius 3 is 2.38 bits per heavy atom. The number of nitrogens with one attached hydrogen (secondary N) is 1. The first-order valence-corrected chi connectivity index (χ1v) is 7.20. The van der Waals surface area contributed by atoms with Crippen molar-refractivity contribution in [3.8, 4) is 0 Å². The van der Waals surface area contributed by atoms with E-state index >= 15 is 0 Å². The monoisotopic (exact) mass is 292 g/mol. The molecular formula is C16H24N2O3. The quantitative estimate of drug-likeness (QED) is 0.682. The molecule has 0 aromatic heterocycles. The lowest BCUT2D eigenvalue weighted by molar-refractivity contribution is -0.138. The van der Waals surface area contributed by atoms with Crippen LogP contribution in [-0.2, 0) is 9.59 Å². The summed E-state index contributed by atoms with van der Waals surface area (Å²) in [5.74, 6) is -0.814. The van der Waals surface area contributed by atoms with Crippen LogP contribution in [-0.4, -0.2) is 23.5 Å². The fourth-order valence-corrected chi connectivity index (χ4v) is 2.32. The SMILES string of the molecule is CC(C)CC(CNC(=O)C(N)c1ccccc1)CC(=O)O. The van der Waals surface area contributed by atoms with Crippen molar-refractivity contribution in [2.45, 2.75) is 32.7 Å². The van der Waals surface area contributed by atoms with E-state index in [9.17, 15) is 9.59 Å². The van der Waals surface area contributed by atoms with Crippen molar-refractivity contribution in [3.63, 3.8) is 0 Å². The minimum Gasteiger partial charge on any atom is -0.481 e. The van der Waals surface area contributed by atoms with Gasteiger partial charge in [-0.2, -0.15) is 0 Å². The van der Waals surface area contributed by atoms with E-state index in [1.165, 1.54) is 0 Å². The zero-order valence-electron chi connectivity index (χ0n) is 12.6. The van der Waals surface area contributed by atoms with Crippen LogP contribution in [0.1, 0.15) is 38.3 Å². The molecule has 0 saturated heterocycles. The fourth-order valence-electron chi connectivity index (χ4n) is 2.32. The molecule has 5 heteroatoms. The second-order valence-corrected chi connectivity index (χ2v) is 5.73. The first-order chi connectivity index (χ1) is 9.90. The van der Waals surface area contributed by atoms with E-state index in [2.05, 4.69) is 5.32 Å². The third-order valence-corrected chi connectivity index (χ3v) is 3.27. The highest BCUT2D eigenvalue weighted by molar-refractivity contribution is 5.82. The minimum absolute atomic E-state index is 0.0546. The van der Waals surface area contributed by atoms with Gasteiger partial charge in [-0.15, -0.1) is 0 Å². The predicted octanol–water partition coefficient (Wildman–Crippen LogP) is 1.94. The van der Waals surface area contributed by atoms with Crippen molar-refractivity contribution in [2.75, 3.05) is 6.54 Å². The van der Waals surface area contributed by atoms with Crippen LogP contribution in [0.5, 0.6) is 0 Å². The highest BCUT2D eigenvalue weighted by atomic mass is 16.4. The zero-order valence-corrected chi connectivity index (χ0v) is 12.6. The summed E-state index contributed by atoms with van der Waals surface area (Å²) in [6.45, 7) is 4.41. The summed E-state index contributed by atoms with van der Waals surface area (Å²) < 4.78 is 0. The number of hydrogen-bond acceptors (Lipinski definition) is 3.